The maximum atomic E-state index is 11.3. The lowest BCUT2D eigenvalue weighted by Gasteiger charge is -2.04. The minimum atomic E-state index is 0.0757. The Morgan fingerprint density at radius 2 is 2.54 bits per heavy atom. The lowest BCUT2D eigenvalue weighted by molar-refractivity contribution is -0.116. The molecule has 1 atom stereocenters. The molecule has 0 bridgehead atoms. The van der Waals surface area contributed by atoms with E-state index in [-0.39, 0.29) is 5.91 Å². The van der Waals surface area contributed by atoms with Gasteiger partial charge in [0.15, 0.2) is 0 Å². The molecule has 0 spiro atoms. The van der Waals surface area contributed by atoms with Crippen molar-refractivity contribution in [2.75, 3.05) is 5.32 Å². The molecule has 1 aliphatic rings. The van der Waals surface area contributed by atoms with Crippen LogP contribution in [0.1, 0.15) is 13.3 Å². The van der Waals surface area contributed by atoms with Gasteiger partial charge < -0.3 is 5.32 Å². The Kier molecular flexibility index (Phi) is 2.22. The number of aromatic nitrogens is 1. The first-order valence-electron chi connectivity index (χ1n) is 4.16. The molecule has 0 saturated heterocycles. The second-order valence-corrected chi connectivity index (χ2v) is 4.53. The summed E-state index contributed by atoms with van der Waals surface area (Å²) in [5.41, 5.74) is 0.835. The molecule has 0 aliphatic carbocycles. The van der Waals surface area contributed by atoms with Gasteiger partial charge in [0.2, 0.25) is 5.91 Å². The number of nitrogens with one attached hydrogen (secondary N) is 1. The highest BCUT2D eigenvalue weighted by Crippen LogP contribution is 2.33. The summed E-state index contributed by atoms with van der Waals surface area (Å²) in [6, 6.07) is 1.93. The number of rotatable bonds is 0. The molecule has 1 N–H and O–H groups in total. The smallest absolute Gasteiger partial charge is 0.225 e. The van der Waals surface area contributed by atoms with Gasteiger partial charge in [-0.05, 0) is 6.07 Å². The number of anilines is 1. The Labute approximate surface area is 80.9 Å². The molecule has 3 nitrogen and oxygen atoms in total. The van der Waals surface area contributed by atoms with Gasteiger partial charge in [-0.2, -0.15) is 0 Å². The van der Waals surface area contributed by atoms with Crippen molar-refractivity contribution < 1.29 is 4.79 Å². The summed E-state index contributed by atoms with van der Waals surface area (Å²) in [5.74, 6) is 0.0757. The monoisotopic (exact) mass is 194 g/mol. The van der Waals surface area contributed by atoms with E-state index in [0.29, 0.717) is 11.7 Å². The zero-order chi connectivity index (χ0) is 9.26. The molecule has 0 aromatic carbocycles. The average Bonchev–Trinajstić information content (AvgIpc) is 2.20. The van der Waals surface area contributed by atoms with Crippen LogP contribution in [0.2, 0.25) is 0 Å². The van der Waals surface area contributed by atoms with E-state index in [1.807, 2.05) is 6.07 Å². The number of hydrogen-bond donors (Lipinski definition) is 1. The van der Waals surface area contributed by atoms with Crippen molar-refractivity contribution >= 4 is 23.4 Å². The Morgan fingerprint density at radius 1 is 1.69 bits per heavy atom. The Balaban J connectivity index is 2.38. The molecule has 0 radical (unpaired) electrons. The van der Waals surface area contributed by atoms with Crippen LogP contribution in [0.15, 0.2) is 23.4 Å². The summed E-state index contributed by atoms with van der Waals surface area (Å²) in [6.07, 6.45) is 4.01. The first-order valence-corrected chi connectivity index (χ1v) is 5.04. The molecule has 1 amide bonds. The van der Waals surface area contributed by atoms with Crippen LogP contribution in [0.25, 0.3) is 0 Å². The summed E-state index contributed by atoms with van der Waals surface area (Å²) in [7, 11) is 0. The molecule has 0 fully saturated rings. The molecule has 1 aromatic rings. The number of fused-ring (bicyclic) bond motifs is 1. The van der Waals surface area contributed by atoms with E-state index in [4.69, 9.17) is 0 Å². The normalized spacial score (nSPS) is 21.6. The van der Waals surface area contributed by atoms with Crippen LogP contribution in [-0.2, 0) is 4.79 Å². The molecule has 2 heterocycles. The number of carbonyl (C=O) groups excluding carboxylic acids is 1. The molecule has 13 heavy (non-hydrogen) atoms. The zero-order valence-electron chi connectivity index (χ0n) is 7.28. The summed E-state index contributed by atoms with van der Waals surface area (Å²) in [6.45, 7) is 2.06. The van der Waals surface area contributed by atoms with Crippen LogP contribution in [-0.4, -0.2) is 16.1 Å². The van der Waals surface area contributed by atoms with Gasteiger partial charge in [0.25, 0.3) is 0 Å². The van der Waals surface area contributed by atoms with Crippen molar-refractivity contribution in [2.24, 2.45) is 0 Å². The van der Waals surface area contributed by atoms with E-state index in [0.717, 1.165) is 10.6 Å². The molecule has 2 rings (SSSR count). The second-order valence-electron chi connectivity index (χ2n) is 3.05. The van der Waals surface area contributed by atoms with Crippen molar-refractivity contribution in [1.29, 1.82) is 0 Å². The number of hydrogen-bond acceptors (Lipinski definition) is 3. The van der Waals surface area contributed by atoms with Crippen LogP contribution in [0, 0.1) is 0 Å². The van der Waals surface area contributed by atoms with E-state index in [1.54, 1.807) is 24.2 Å². The van der Waals surface area contributed by atoms with Crippen LogP contribution in [0.3, 0.4) is 0 Å². The lowest BCUT2D eigenvalue weighted by atomic mass is 10.3. The third-order valence-corrected chi connectivity index (χ3v) is 3.04. The molecule has 0 saturated carbocycles. The summed E-state index contributed by atoms with van der Waals surface area (Å²) in [5, 5.41) is 3.17. The van der Waals surface area contributed by atoms with Gasteiger partial charge in [0, 0.05) is 22.8 Å². The van der Waals surface area contributed by atoms with Gasteiger partial charge in [-0.3, -0.25) is 9.78 Å². The van der Waals surface area contributed by atoms with E-state index in [2.05, 4.69) is 17.2 Å². The first kappa shape index (κ1) is 8.56. The lowest BCUT2D eigenvalue weighted by Crippen LogP contribution is -2.13. The predicted molar refractivity (Wildman–Crippen MR) is 52.8 cm³/mol. The average molecular weight is 194 g/mol. The van der Waals surface area contributed by atoms with Gasteiger partial charge in [-0.15, -0.1) is 11.8 Å². The number of nitrogens with zero attached hydrogens (tertiary/aromatic N) is 1. The standard InChI is InChI=1S/C9H10N2OS/c1-6-4-9(12)11-7-5-10-3-2-8(7)13-6/h2-3,5-6H,4H2,1H3,(H,11,12). The highest BCUT2D eigenvalue weighted by atomic mass is 32.2. The molecule has 1 aliphatic heterocycles. The minimum absolute atomic E-state index is 0.0757. The van der Waals surface area contributed by atoms with Gasteiger partial charge in [0.05, 0.1) is 11.9 Å². The third-order valence-electron chi connectivity index (χ3n) is 1.86. The van der Waals surface area contributed by atoms with Crippen molar-refractivity contribution in [3.05, 3.63) is 18.5 Å². The molecular formula is C9H10N2OS. The SMILES string of the molecule is CC1CC(=O)Nc2cnccc2S1. The Morgan fingerprint density at radius 3 is 3.38 bits per heavy atom. The topological polar surface area (TPSA) is 42.0 Å². The minimum Gasteiger partial charge on any atom is -0.324 e. The van der Waals surface area contributed by atoms with Crippen LogP contribution >= 0.6 is 11.8 Å². The second kappa shape index (κ2) is 3.38. The maximum Gasteiger partial charge on any atom is 0.225 e. The fourth-order valence-electron chi connectivity index (χ4n) is 1.30. The van der Waals surface area contributed by atoms with Crippen LogP contribution in [0.4, 0.5) is 5.69 Å². The highest BCUT2D eigenvalue weighted by molar-refractivity contribution is 8.00. The van der Waals surface area contributed by atoms with Gasteiger partial charge in [-0.25, -0.2) is 0 Å². The van der Waals surface area contributed by atoms with Gasteiger partial charge in [-0.1, -0.05) is 6.92 Å². The van der Waals surface area contributed by atoms with Crippen LogP contribution < -0.4 is 5.32 Å². The van der Waals surface area contributed by atoms with Crippen molar-refractivity contribution in [3.8, 4) is 0 Å². The van der Waals surface area contributed by atoms with E-state index >= 15 is 0 Å². The Bertz CT molecular complexity index is 340. The molecule has 68 valence electrons. The Hall–Kier alpha value is -1.03. The number of thioether (sulfide) groups is 1. The molecule has 1 unspecified atom stereocenters. The molecule has 1 aromatic heterocycles. The number of amides is 1. The van der Waals surface area contributed by atoms with Crippen molar-refractivity contribution in [3.63, 3.8) is 0 Å². The molecular weight excluding hydrogens is 184 g/mol. The number of carbonyl (C=O) groups is 1. The van der Waals surface area contributed by atoms with Gasteiger partial charge in [0.1, 0.15) is 0 Å². The number of pyridine rings is 1. The summed E-state index contributed by atoms with van der Waals surface area (Å²) < 4.78 is 0. The van der Waals surface area contributed by atoms with E-state index in [1.165, 1.54) is 0 Å². The zero-order valence-corrected chi connectivity index (χ0v) is 8.10. The fourth-order valence-corrected chi connectivity index (χ4v) is 2.34. The fraction of sp³-hybridized carbons (Fsp3) is 0.333. The largest absolute Gasteiger partial charge is 0.324 e. The van der Waals surface area contributed by atoms with E-state index < -0.39 is 0 Å². The van der Waals surface area contributed by atoms with Crippen molar-refractivity contribution in [1.82, 2.24) is 4.98 Å². The van der Waals surface area contributed by atoms with Crippen LogP contribution in [0.5, 0.6) is 0 Å². The quantitative estimate of drug-likeness (QED) is 0.686. The summed E-state index contributed by atoms with van der Waals surface area (Å²) >= 11 is 1.71. The highest BCUT2D eigenvalue weighted by Gasteiger charge is 2.18. The molecule has 4 heteroatoms. The maximum absolute atomic E-state index is 11.3. The van der Waals surface area contributed by atoms with Crippen molar-refractivity contribution in [2.45, 2.75) is 23.5 Å². The first-order chi connectivity index (χ1) is 6.25. The summed E-state index contributed by atoms with van der Waals surface area (Å²) in [4.78, 5) is 16.4. The third kappa shape index (κ3) is 1.83. The van der Waals surface area contributed by atoms with E-state index in [9.17, 15) is 4.79 Å². The predicted octanol–water partition coefficient (Wildman–Crippen LogP) is 1.90. The van der Waals surface area contributed by atoms with Gasteiger partial charge >= 0.3 is 0 Å².